The minimum absolute atomic E-state index is 0.357. The molecule has 0 N–H and O–H groups in total. The summed E-state index contributed by atoms with van der Waals surface area (Å²) in [6.45, 7) is 3.72. The van der Waals surface area contributed by atoms with Crippen molar-refractivity contribution in [2.45, 2.75) is 0 Å². The van der Waals surface area contributed by atoms with E-state index in [0.29, 0.717) is 23.0 Å². The predicted octanol–water partition coefficient (Wildman–Crippen LogP) is 3.96. The van der Waals surface area contributed by atoms with E-state index in [0.717, 1.165) is 5.75 Å². The third-order valence-electron chi connectivity index (χ3n) is 2.69. The second-order valence-corrected chi connectivity index (χ2v) is 3.96. The molecule has 22 heavy (non-hydrogen) atoms. The highest BCUT2D eigenvalue weighted by atomic mass is 16.5. The fraction of sp³-hybridized carbons (Fsp3) is 0.250. The van der Waals surface area contributed by atoms with Crippen LogP contribution in [0.3, 0.4) is 0 Å². The Balaban J connectivity index is 2.82. The first-order chi connectivity index (χ1) is 10.7. The van der Waals surface area contributed by atoms with Crippen LogP contribution in [0.1, 0.15) is 0 Å². The molecule has 1 aromatic carbocycles. The molecule has 0 aromatic heterocycles. The van der Waals surface area contributed by atoms with Gasteiger partial charge in [0.25, 0.3) is 0 Å². The van der Waals surface area contributed by atoms with E-state index in [9.17, 15) is 0 Å². The molecule has 6 nitrogen and oxygen atoms in total. The van der Waals surface area contributed by atoms with Crippen molar-refractivity contribution in [2.75, 3.05) is 28.4 Å². The maximum absolute atomic E-state index is 5.22. The molecular formula is C16H20N2O4. The number of hydrogen-bond donors (Lipinski definition) is 0. The van der Waals surface area contributed by atoms with Crippen molar-refractivity contribution in [3.63, 3.8) is 0 Å². The van der Waals surface area contributed by atoms with Gasteiger partial charge in [-0.3, -0.25) is 0 Å². The summed E-state index contributed by atoms with van der Waals surface area (Å²) in [4.78, 5) is 0. The molecule has 0 aliphatic heterocycles. The molecule has 0 saturated heterocycles. The number of nitrogens with zero attached hydrogens (tertiary/aromatic N) is 2. The Morgan fingerprint density at radius 2 is 1.68 bits per heavy atom. The lowest BCUT2D eigenvalue weighted by Crippen LogP contribution is -1.99. The number of hydrogen-bond acceptors (Lipinski definition) is 6. The summed E-state index contributed by atoms with van der Waals surface area (Å²) >= 11 is 0. The van der Waals surface area contributed by atoms with Crippen LogP contribution in [-0.4, -0.2) is 28.4 Å². The van der Waals surface area contributed by atoms with Crippen molar-refractivity contribution in [2.24, 2.45) is 10.2 Å². The minimum atomic E-state index is 0.357. The first kappa shape index (κ1) is 17.3. The van der Waals surface area contributed by atoms with Crippen LogP contribution in [0.5, 0.6) is 5.75 Å². The molecule has 118 valence electrons. The molecule has 1 aromatic rings. The van der Waals surface area contributed by atoms with Gasteiger partial charge in [-0.2, -0.15) is 10.2 Å². The van der Waals surface area contributed by atoms with Gasteiger partial charge in [-0.15, -0.1) is 0 Å². The Kier molecular flexibility index (Phi) is 7.25. The van der Waals surface area contributed by atoms with Crippen LogP contribution in [0.25, 0.3) is 0 Å². The Morgan fingerprint density at radius 1 is 1.00 bits per heavy atom. The smallest absolute Gasteiger partial charge is 0.202 e. The fourth-order valence-corrected chi connectivity index (χ4v) is 1.53. The zero-order valence-electron chi connectivity index (χ0n) is 13.2. The monoisotopic (exact) mass is 304 g/mol. The molecule has 0 saturated carbocycles. The normalized spacial score (nSPS) is 12.2. The molecule has 0 amide bonds. The van der Waals surface area contributed by atoms with Crippen LogP contribution in [0.4, 0.5) is 5.69 Å². The van der Waals surface area contributed by atoms with Gasteiger partial charge < -0.3 is 18.9 Å². The number of ether oxygens (including phenoxy) is 4. The van der Waals surface area contributed by atoms with Gasteiger partial charge in [-0.25, -0.2) is 0 Å². The summed E-state index contributed by atoms with van der Waals surface area (Å²) in [6.07, 6.45) is 3.10. The minimum Gasteiger partial charge on any atom is -0.497 e. The van der Waals surface area contributed by atoms with E-state index in [1.54, 1.807) is 25.3 Å². The van der Waals surface area contributed by atoms with Crippen LogP contribution >= 0.6 is 0 Å². The topological polar surface area (TPSA) is 61.6 Å². The molecule has 1 rings (SSSR count). The number of methoxy groups -OCH3 is 4. The highest BCUT2D eigenvalue weighted by Crippen LogP contribution is 2.19. The highest BCUT2D eigenvalue weighted by molar-refractivity contribution is 5.40. The van der Waals surface area contributed by atoms with Crippen LogP contribution in [0.15, 0.2) is 70.6 Å². The molecule has 0 spiro atoms. The lowest BCUT2D eigenvalue weighted by Gasteiger charge is -2.11. The summed E-state index contributed by atoms with van der Waals surface area (Å²) in [6, 6.07) is 7.22. The Morgan fingerprint density at radius 3 is 2.18 bits per heavy atom. The lowest BCUT2D eigenvalue weighted by molar-refractivity contribution is 0.192. The maximum atomic E-state index is 5.22. The number of azo groups is 1. The summed E-state index contributed by atoms with van der Waals surface area (Å²) in [5.41, 5.74) is 0.710. The summed E-state index contributed by atoms with van der Waals surface area (Å²) in [5.74, 6) is 1.95. The van der Waals surface area contributed by atoms with E-state index < -0.39 is 0 Å². The first-order valence-electron chi connectivity index (χ1n) is 6.43. The number of allylic oxidation sites excluding steroid dienone is 1. The van der Waals surface area contributed by atoms with Crippen molar-refractivity contribution in [1.82, 2.24) is 0 Å². The number of rotatable bonds is 8. The zero-order chi connectivity index (χ0) is 16.4. The van der Waals surface area contributed by atoms with Crippen molar-refractivity contribution in [1.29, 1.82) is 0 Å². The van der Waals surface area contributed by atoms with Crippen LogP contribution in [-0.2, 0) is 14.2 Å². The van der Waals surface area contributed by atoms with E-state index in [1.165, 1.54) is 27.5 Å². The van der Waals surface area contributed by atoms with Crippen molar-refractivity contribution in [3.8, 4) is 5.75 Å². The van der Waals surface area contributed by atoms with Gasteiger partial charge in [-0.1, -0.05) is 6.58 Å². The molecule has 0 unspecified atom stereocenters. The largest absolute Gasteiger partial charge is 0.497 e. The predicted molar refractivity (Wildman–Crippen MR) is 83.8 cm³/mol. The molecule has 0 atom stereocenters. The fourth-order valence-electron chi connectivity index (χ4n) is 1.53. The third kappa shape index (κ3) is 4.97. The van der Waals surface area contributed by atoms with E-state index >= 15 is 0 Å². The number of benzene rings is 1. The maximum Gasteiger partial charge on any atom is 0.202 e. The summed E-state index contributed by atoms with van der Waals surface area (Å²) in [5, 5.41) is 8.00. The van der Waals surface area contributed by atoms with Gasteiger partial charge in [0.1, 0.15) is 5.75 Å². The molecular weight excluding hydrogens is 284 g/mol. The van der Waals surface area contributed by atoms with Crippen molar-refractivity contribution >= 4 is 5.69 Å². The van der Waals surface area contributed by atoms with Crippen LogP contribution in [0, 0.1) is 0 Å². The van der Waals surface area contributed by atoms with E-state index in [1.807, 2.05) is 12.1 Å². The molecule has 6 heteroatoms. The van der Waals surface area contributed by atoms with Crippen molar-refractivity contribution in [3.05, 3.63) is 60.4 Å². The molecule has 0 radical (unpaired) electrons. The second-order valence-electron chi connectivity index (χ2n) is 3.96. The quantitative estimate of drug-likeness (QED) is 0.414. The van der Waals surface area contributed by atoms with Gasteiger partial charge in [0.2, 0.25) is 5.76 Å². The zero-order valence-corrected chi connectivity index (χ0v) is 13.2. The third-order valence-corrected chi connectivity index (χ3v) is 2.69. The molecule has 0 fully saturated rings. The van der Waals surface area contributed by atoms with Gasteiger partial charge in [0, 0.05) is 6.08 Å². The first-order valence-corrected chi connectivity index (χ1v) is 6.43. The van der Waals surface area contributed by atoms with Crippen LogP contribution < -0.4 is 4.74 Å². The molecule has 0 bridgehead atoms. The Bertz CT molecular complexity index is 574. The van der Waals surface area contributed by atoms with Gasteiger partial charge >= 0.3 is 0 Å². The van der Waals surface area contributed by atoms with Crippen molar-refractivity contribution < 1.29 is 18.9 Å². The SMILES string of the molecule is C=C(OC)/C(OC)=C(\C=C\N=Nc1ccc(OC)cc1)OC. The highest BCUT2D eigenvalue weighted by Gasteiger charge is 2.09. The summed E-state index contributed by atoms with van der Waals surface area (Å²) in [7, 11) is 6.13. The second kappa shape index (κ2) is 9.23. The summed E-state index contributed by atoms with van der Waals surface area (Å²) < 4.78 is 20.5. The van der Waals surface area contributed by atoms with E-state index in [-0.39, 0.29) is 0 Å². The Hall–Kier alpha value is -2.76. The average Bonchev–Trinajstić information content (AvgIpc) is 2.57. The standard InChI is InChI=1S/C16H20N2O4/c1-12(19-2)16(22-5)15(21-4)10-11-17-18-13-6-8-14(20-3)9-7-13/h6-11H,1H2,2-5H3/b11-10+,16-15-,18-17?. The van der Waals surface area contributed by atoms with Gasteiger partial charge in [0.05, 0.1) is 40.3 Å². The molecule has 0 aliphatic carbocycles. The van der Waals surface area contributed by atoms with Gasteiger partial charge in [0.15, 0.2) is 11.5 Å². The lowest BCUT2D eigenvalue weighted by atomic mass is 10.3. The van der Waals surface area contributed by atoms with Gasteiger partial charge in [-0.05, 0) is 24.3 Å². The molecule has 0 heterocycles. The Labute approximate surface area is 130 Å². The molecule has 0 aliphatic rings. The van der Waals surface area contributed by atoms with E-state index in [2.05, 4.69) is 16.8 Å². The van der Waals surface area contributed by atoms with E-state index in [4.69, 9.17) is 18.9 Å². The van der Waals surface area contributed by atoms with Crippen LogP contribution in [0.2, 0.25) is 0 Å². The average molecular weight is 304 g/mol.